The first-order valence-corrected chi connectivity index (χ1v) is 32.0. The van der Waals surface area contributed by atoms with Crippen LogP contribution in [0.25, 0.3) is 0 Å². The van der Waals surface area contributed by atoms with Crippen LogP contribution in [0.4, 0.5) is 10.1 Å². The van der Waals surface area contributed by atoms with Gasteiger partial charge in [-0.2, -0.15) is 0 Å². The third-order valence-corrected chi connectivity index (χ3v) is 17.7. The van der Waals surface area contributed by atoms with Crippen LogP contribution in [0.3, 0.4) is 0 Å². The number of amides is 6. The lowest BCUT2D eigenvalue weighted by molar-refractivity contribution is -0.144. The first-order chi connectivity index (χ1) is 42.3. The van der Waals surface area contributed by atoms with E-state index in [4.69, 9.17) is 38.9 Å². The number of halogens is 1. The molecule has 0 bridgehead atoms. The molecule has 4 heterocycles. The van der Waals surface area contributed by atoms with E-state index in [-0.39, 0.29) is 63.1 Å². The Hall–Kier alpha value is -6.18. The van der Waals surface area contributed by atoms with Gasteiger partial charge in [0.05, 0.1) is 101 Å². The molecule has 21 nitrogen and oxygen atoms in total. The molecule has 88 heavy (non-hydrogen) atoms. The lowest BCUT2D eigenvalue weighted by Gasteiger charge is -2.35. The van der Waals surface area contributed by atoms with Crippen LogP contribution in [0.15, 0.2) is 71.5 Å². The van der Waals surface area contributed by atoms with Crippen molar-refractivity contribution in [2.45, 2.75) is 166 Å². The zero-order chi connectivity index (χ0) is 62.8. The summed E-state index contributed by atoms with van der Waals surface area (Å²) < 4.78 is 55.8. The van der Waals surface area contributed by atoms with Crippen LogP contribution in [-0.2, 0) is 87.8 Å². The lowest BCUT2D eigenvalue weighted by Crippen LogP contribution is -2.59. The molecular formula is C65H90FN7O14S. The van der Waals surface area contributed by atoms with Gasteiger partial charge >= 0.3 is 0 Å². The van der Waals surface area contributed by atoms with Crippen molar-refractivity contribution in [3.05, 3.63) is 104 Å². The van der Waals surface area contributed by atoms with Gasteiger partial charge in [0.1, 0.15) is 30.5 Å². The number of carbonyl (C=O) groups excluding carboxylic acids is 6. The first kappa shape index (κ1) is 67.7. The van der Waals surface area contributed by atoms with Gasteiger partial charge in [0.25, 0.3) is 5.91 Å². The van der Waals surface area contributed by atoms with Gasteiger partial charge in [-0.1, -0.05) is 75.4 Å². The molecule has 0 spiro atoms. The minimum atomic E-state index is -1.98. The van der Waals surface area contributed by atoms with Crippen molar-refractivity contribution >= 4 is 52.5 Å². The number of aliphatic hydroxyl groups is 1. The number of benzene rings is 2. The van der Waals surface area contributed by atoms with Gasteiger partial charge in [-0.25, -0.2) is 9.37 Å². The summed E-state index contributed by atoms with van der Waals surface area (Å²) in [5.74, 6) is -1.88. The number of thiazole rings is 1. The van der Waals surface area contributed by atoms with Gasteiger partial charge in [0, 0.05) is 68.2 Å². The normalized spacial score (nSPS) is 20.5. The molecule has 2 unspecified atom stereocenters. The molecule has 2 fully saturated rings. The molecule has 1 saturated heterocycles. The number of aromatic nitrogens is 1. The van der Waals surface area contributed by atoms with E-state index in [0.29, 0.717) is 104 Å². The van der Waals surface area contributed by atoms with E-state index in [2.05, 4.69) is 39.1 Å². The Labute approximate surface area is 519 Å². The highest BCUT2D eigenvalue weighted by atomic mass is 32.1. The monoisotopic (exact) mass is 1240 g/mol. The van der Waals surface area contributed by atoms with Gasteiger partial charge in [0.2, 0.25) is 29.5 Å². The summed E-state index contributed by atoms with van der Waals surface area (Å²) in [6, 6.07) is 11.0. The predicted molar refractivity (Wildman–Crippen MR) is 328 cm³/mol. The maximum absolute atomic E-state index is 14.7. The molecular weight excluding hydrogens is 1150 g/mol. The van der Waals surface area contributed by atoms with Crippen LogP contribution in [0.5, 0.6) is 0 Å². The number of nitrogens with one attached hydrogen (secondary N) is 3. The smallest absolute Gasteiger partial charge is 0.258 e. The van der Waals surface area contributed by atoms with Crippen molar-refractivity contribution in [1.29, 1.82) is 0 Å². The number of primary amides is 1. The SMILES string of the molecule is Cc1ncsc1C1C=CC(CNC(=O)[C@@H]2C[C@@H](O)CN2C(=O)[C@@H](NC(=O)C2(F)CC2)C(C)(C)C)=C(OCCOCCOCCOCCOCCOCCCc2ccc(CO[C@H](C)C(CCC(N)=O)NC(=O)[C@@H]3Cc4cccc5c4N3C(=O)CCC5)cc2)C1. The fraction of sp³-hybridized carbons (Fsp3) is 0.615. The number of nitrogens with two attached hydrogens (primary N) is 1. The van der Waals surface area contributed by atoms with Gasteiger partial charge in [-0.15, -0.1) is 11.3 Å². The second-order valence-corrected chi connectivity index (χ2v) is 25.4. The van der Waals surface area contributed by atoms with E-state index in [1.807, 2.05) is 55.8 Å². The Morgan fingerprint density at radius 1 is 0.841 bits per heavy atom. The van der Waals surface area contributed by atoms with Crippen molar-refractivity contribution in [2.24, 2.45) is 11.1 Å². The highest BCUT2D eigenvalue weighted by Gasteiger charge is 2.53. The number of para-hydroxylation sites is 1. The number of allylic oxidation sites excluding steroid dienone is 2. The Balaban J connectivity index is 0.645. The number of aryl methyl sites for hydroxylation is 3. The van der Waals surface area contributed by atoms with Crippen LogP contribution in [0.2, 0.25) is 0 Å². The molecule has 1 aromatic heterocycles. The van der Waals surface area contributed by atoms with Crippen molar-refractivity contribution in [1.82, 2.24) is 25.8 Å². The number of anilines is 1. The maximum Gasteiger partial charge on any atom is 0.258 e. The molecule has 23 heteroatoms. The zero-order valence-corrected chi connectivity index (χ0v) is 52.5. The third-order valence-electron chi connectivity index (χ3n) is 16.7. The van der Waals surface area contributed by atoms with Crippen molar-refractivity contribution in [2.75, 3.05) is 90.7 Å². The molecule has 8 rings (SSSR count). The van der Waals surface area contributed by atoms with E-state index in [1.165, 1.54) is 10.5 Å². The van der Waals surface area contributed by atoms with Crippen molar-refractivity contribution in [3.63, 3.8) is 0 Å². The van der Waals surface area contributed by atoms with Crippen molar-refractivity contribution in [3.8, 4) is 0 Å². The zero-order valence-electron chi connectivity index (χ0n) is 51.7. The summed E-state index contributed by atoms with van der Waals surface area (Å²) in [7, 11) is 0. The molecule has 5 aliphatic rings. The van der Waals surface area contributed by atoms with Crippen LogP contribution in [0.1, 0.15) is 124 Å². The number of carbonyl (C=O) groups is 6. The van der Waals surface area contributed by atoms with Crippen molar-refractivity contribution < 1.29 is 71.4 Å². The lowest BCUT2D eigenvalue weighted by atomic mass is 9.85. The molecule has 3 aliphatic heterocycles. The maximum atomic E-state index is 14.7. The van der Waals surface area contributed by atoms with Crippen LogP contribution >= 0.6 is 11.3 Å². The fourth-order valence-corrected chi connectivity index (χ4v) is 12.3. The highest BCUT2D eigenvalue weighted by molar-refractivity contribution is 7.09. The minimum Gasteiger partial charge on any atom is -0.495 e. The molecule has 3 aromatic rings. The van der Waals surface area contributed by atoms with Crippen LogP contribution in [-0.4, -0.2) is 178 Å². The van der Waals surface area contributed by atoms with Crippen LogP contribution in [0, 0.1) is 12.3 Å². The second-order valence-electron chi connectivity index (χ2n) is 24.5. The van der Waals surface area contributed by atoms with E-state index >= 15 is 0 Å². The number of likely N-dealkylation sites (tertiary alicyclic amines) is 1. The Morgan fingerprint density at radius 2 is 1.49 bits per heavy atom. The highest BCUT2D eigenvalue weighted by Crippen LogP contribution is 2.42. The van der Waals surface area contributed by atoms with E-state index in [0.717, 1.165) is 64.2 Å². The average Bonchev–Trinajstić information content (AvgIpc) is 1.71. The number of alkyl halides is 1. The van der Waals surface area contributed by atoms with Gasteiger partial charge < -0.3 is 64.8 Å². The van der Waals surface area contributed by atoms with E-state index in [9.17, 15) is 38.3 Å². The summed E-state index contributed by atoms with van der Waals surface area (Å²) in [5.41, 5.74) is 11.4. The van der Waals surface area contributed by atoms with Gasteiger partial charge in [0.15, 0.2) is 5.67 Å². The quantitative estimate of drug-likeness (QED) is 0.0448. The molecule has 2 aliphatic carbocycles. The summed E-state index contributed by atoms with van der Waals surface area (Å²) >= 11 is 1.57. The third kappa shape index (κ3) is 19.2. The molecule has 6 amide bonds. The number of β-amino-alcohol motifs (C(OH)–C–C–N with tert-alkyl or cyclic N) is 1. The molecule has 7 atom stereocenters. The minimum absolute atomic E-state index is 0.0207. The second kappa shape index (κ2) is 32.5. The van der Waals surface area contributed by atoms with Gasteiger partial charge in [-0.3, -0.25) is 33.7 Å². The Kier molecular flexibility index (Phi) is 25.0. The number of hydrogen-bond acceptors (Lipinski definition) is 16. The Bertz CT molecular complexity index is 2910. The predicted octanol–water partition coefficient (Wildman–Crippen LogP) is 5.54. The summed E-state index contributed by atoms with van der Waals surface area (Å²) in [4.78, 5) is 87.8. The number of ether oxygens (including phenoxy) is 7. The summed E-state index contributed by atoms with van der Waals surface area (Å²) in [5, 5.41) is 19.3. The molecule has 0 radical (unpaired) electrons. The number of nitrogens with zero attached hydrogens (tertiary/aromatic N) is 3. The molecule has 2 aromatic carbocycles. The topological polar surface area (TPSA) is 269 Å². The average molecular weight is 1240 g/mol. The summed E-state index contributed by atoms with van der Waals surface area (Å²) in [6.07, 6.45) is 7.87. The molecule has 6 N–H and O–H groups in total. The largest absolute Gasteiger partial charge is 0.495 e. The number of hydrogen-bond donors (Lipinski definition) is 5. The molecule has 1 saturated carbocycles. The fourth-order valence-electron chi connectivity index (χ4n) is 11.5. The molecule has 482 valence electrons. The summed E-state index contributed by atoms with van der Waals surface area (Å²) in [6.45, 7) is 13.9. The van der Waals surface area contributed by atoms with E-state index in [1.54, 1.807) is 37.0 Å². The number of rotatable bonds is 36. The number of aliphatic hydroxyl groups excluding tert-OH is 1. The standard InChI is InChI=1S/C65H90FN7O14S/c1-42-58(88-41-69-42)48-18-19-49(38-68-60(77)52-37-50(74)39-72(52)62(79)59(64(3,4)5)71-63(80)65(66)22-23-65)54(36-48)86-34-33-85-32-31-84-30-29-83-28-27-82-26-25-81-24-8-9-44-14-16-45(17-15-44)40-87-43(2)51(20-21-55(67)75)70-61(78)53-35-47-12-6-10-46-11-7-13-56(76)73(53)57(46)47/h6,10,12,14-19,41,43,48,50-53,59,74H,7-9,11,13,20-40H2,1-5H3,(H2,67,75)(H,68,77)(H,70,78)(H,71,80)/t43-,48?,50-,51?,52+,53+,59-/m1/s1. The first-order valence-electron chi connectivity index (χ1n) is 31.1. The van der Waals surface area contributed by atoms with E-state index < -0.39 is 71.1 Å². The Morgan fingerprint density at radius 3 is 2.12 bits per heavy atom. The van der Waals surface area contributed by atoms with Gasteiger partial charge in [-0.05, 0) is 86.5 Å². The van der Waals surface area contributed by atoms with Crippen LogP contribution < -0.4 is 26.6 Å².